The van der Waals surface area contributed by atoms with Gasteiger partial charge in [-0.3, -0.25) is 14.5 Å². The van der Waals surface area contributed by atoms with Gasteiger partial charge in [-0.2, -0.15) is 10.1 Å². The summed E-state index contributed by atoms with van der Waals surface area (Å²) in [5, 5.41) is 11.1. The number of piperidine rings is 1. The molecule has 2 fully saturated rings. The summed E-state index contributed by atoms with van der Waals surface area (Å²) < 4.78 is 35.3. The molecule has 2 aliphatic heterocycles. The van der Waals surface area contributed by atoms with Gasteiger partial charge in [0, 0.05) is 77.8 Å². The molecule has 4 N–H and O–H groups in total. The van der Waals surface area contributed by atoms with Crippen LogP contribution in [0.5, 0.6) is 0 Å². The number of methoxy groups -OCH3 is 1. The van der Waals surface area contributed by atoms with Gasteiger partial charge >= 0.3 is 0 Å². The fraction of sp³-hybridized carbons (Fsp3) is 0.697. The average Bonchev–Trinajstić information content (AvgIpc) is 3.49. The monoisotopic (exact) mass is 678 g/mol. The number of aldehydes is 1. The van der Waals surface area contributed by atoms with Crippen LogP contribution in [0.25, 0.3) is 5.78 Å². The molecule has 0 spiro atoms. The SMILES string of the molecule is C=CN=C(N)C=O.CC.CCCC(F)(F)CCC(NC)c1cn2nc(CC3CC(C)CNC3=O)c(N3CCN(CCOC)CC3)nc2n1. The molecule has 2 saturated heterocycles. The first-order chi connectivity index (χ1) is 23.0. The van der Waals surface area contributed by atoms with Crippen LogP contribution < -0.4 is 21.3 Å². The van der Waals surface area contributed by atoms with Crippen molar-refractivity contribution in [2.75, 3.05) is 64.9 Å². The van der Waals surface area contributed by atoms with Crippen molar-refractivity contribution in [2.24, 2.45) is 22.6 Å². The van der Waals surface area contributed by atoms with Gasteiger partial charge < -0.3 is 26.0 Å². The summed E-state index contributed by atoms with van der Waals surface area (Å²) in [5.74, 6) is -1.26. The minimum Gasteiger partial charge on any atom is -0.383 e. The topological polar surface area (TPSA) is 155 Å². The van der Waals surface area contributed by atoms with Crippen LogP contribution in [0.15, 0.2) is 24.0 Å². The number of nitrogens with zero attached hydrogens (tertiary/aromatic N) is 7. The van der Waals surface area contributed by atoms with Crippen molar-refractivity contribution < 1.29 is 23.1 Å². The number of amidine groups is 1. The van der Waals surface area contributed by atoms with E-state index in [1.165, 1.54) is 6.20 Å². The normalized spacial score (nSPS) is 19.5. The number of aromatic nitrogens is 4. The molecule has 2 aromatic rings. The van der Waals surface area contributed by atoms with Gasteiger partial charge in [-0.25, -0.2) is 23.3 Å². The molecule has 15 heteroatoms. The Bertz CT molecular complexity index is 1310. The number of halogens is 2. The van der Waals surface area contributed by atoms with Gasteiger partial charge in [-0.1, -0.05) is 40.7 Å². The van der Waals surface area contributed by atoms with Crippen LogP contribution in [0.2, 0.25) is 0 Å². The van der Waals surface area contributed by atoms with E-state index in [-0.39, 0.29) is 43.0 Å². The fourth-order valence-corrected chi connectivity index (χ4v) is 5.75. The number of fused-ring (bicyclic) bond motifs is 1. The predicted octanol–water partition coefficient (Wildman–Crippen LogP) is 3.40. The Hall–Kier alpha value is -3.56. The van der Waals surface area contributed by atoms with E-state index in [2.05, 4.69) is 38.9 Å². The Morgan fingerprint density at radius 2 is 1.98 bits per heavy atom. The predicted molar refractivity (Wildman–Crippen MR) is 185 cm³/mol. The molecule has 2 aliphatic rings. The third kappa shape index (κ3) is 12.5. The Balaban J connectivity index is 0.000000790. The summed E-state index contributed by atoms with van der Waals surface area (Å²) in [5.41, 5.74) is 6.30. The number of ether oxygens (including phenoxy) is 1. The molecule has 4 heterocycles. The highest BCUT2D eigenvalue weighted by molar-refractivity contribution is 6.26. The number of carbonyl (C=O) groups is 2. The van der Waals surface area contributed by atoms with Gasteiger partial charge in [-0.05, 0) is 25.8 Å². The number of rotatable bonds is 15. The van der Waals surface area contributed by atoms with Crippen LogP contribution in [-0.2, 0) is 20.7 Å². The number of hydrogen-bond acceptors (Lipinski definition) is 10. The van der Waals surface area contributed by atoms with Crippen LogP contribution in [0.4, 0.5) is 14.6 Å². The highest BCUT2D eigenvalue weighted by atomic mass is 19.3. The van der Waals surface area contributed by atoms with Crippen LogP contribution in [0.1, 0.15) is 77.2 Å². The van der Waals surface area contributed by atoms with E-state index in [0.29, 0.717) is 49.7 Å². The minimum absolute atomic E-state index is 0.0463. The third-order valence-corrected chi connectivity index (χ3v) is 8.27. The quantitative estimate of drug-likeness (QED) is 0.145. The maximum atomic E-state index is 14.2. The second-order valence-electron chi connectivity index (χ2n) is 11.9. The van der Waals surface area contributed by atoms with Crippen molar-refractivity contribution in [2.45, 2.75) is 78.2 Å². The Kier molecular flexibility index (Phi) is 17.5. The number of hydrogen-bond donors (Lipinski definition) is 3. The van der Waals surface area contributed by atoms with Crippen molar-refractivity contribution >= 4 is 29.6 Å². The Morgan fingerprint density at radius 1 is 1.27 bits per heavy atom. The first kappa shape index (κ1) is 40.6. The molecule has 0 aliphatic carbocycles. The Labute approximate surface area is 283 Å². The molecule has 0 bridgehead atoms. The van der Waals surface area contributed by atoms with Gasteiger partial charge in [0.15, 0.2) is 17.9 Å². The smallest absolute Gasteiger partial charge is 0.252 e. The highest BCUT2D eigenvalue weighted by Gasteiger charge is 2.32. The lowest BCUT2D eigenvalue weighted by Crippen LogP contribution is -2.48. The summed E-state index contributed by atoms with van der Waals surface area (Å²) in [7, 11) is 3.47. The first-order valence-electron chi connectivity index (χ1n) is 17.0. The standard InChI is InChI=1S/C27H44F2N8O2.C4H6N2O.C2H6/c1-5-7-27(28,29)8-6-21(30-3)23-18-37-26(32-23)33-24(36-11-9-35(10-12-36)13-14-39-4)22(34-37)16-20-15-19(2)17-31-25(20)38;1-2-6-4(5)3-7;1-2/h18-21,30H,5-17H2,1-4H3,(H,31,38);2-3H,1H2,(H2,5,6);1-2H3. The number of aliphatic imine (C=N–C) groups is 1. The maximum Gasteiger partial charge on any atom is 0.252 e. The molecule has 4 rings (SSSR count). The number of nitrogens with two attached hydrogens (primary N) is 1. The number of alkyl halides is 2. The summed E-state index contributed by atoms with van der Waals surface area (Å²) in [6.07, 6.45) is 5.13. The zero-order valence-electron chi connectivity index (χ0n) is 29.6. The molecule has 13 nitrogen and oxygen atoms in total. The molecule has 3 atom stereocenters. The molecule has 2 aromatic heterocycles. The lowest BCUT2D eigenvalue weighted by Gasteiger charge is -2.36. The largest absolute Gasteiger partial charge is 0.383 e. The van der Waals surface area contributed by atoms with E-state index in [1.54, 1.807) is 31.8 Å². The number of nitrogens with one attached hydrogen (secondary N) is 2. The van der Waals surface area contributed by atoms with E-state index in [0.717, 1.165) is 50.7 Å². The average molecular weight is 679 g/mol. The highest BCUT2D eigenvalue weighted by Crippen LogP contribution is 2.31. The van der Waals surface area contributed by atoms with Gasteiger partial charge in [-0.15, -0.1) is 0 Å². The number of amides is 1. The lowest BCUT2D eigenvalue weighted by molar-refractivity contribution is -0.127. The molecule has 1 amide bonds. The summed E-state index contributed by atoms with van der Waals surface area (Å²) in [4.78, 5) is 39.8. The van der Waals surface area contributed by atoms with E-state index in [4.69, 9.17) is 25.5 Å². The Morgan fingerprint density at radius 3 is 2.56 bits per heavy atom. The molecular formula is C33H56F2N10O3. The summed E-state index contributed by atoms with van der Waals surface area (Å²) in [6, 6.07) is -0.336. The summed E-state index contributed by atoms with van der Waals surface area (Å²) in [6.45, 7) is 16.7. The molecule has 0 aromatic carbocycles. The third-order valence-electron chi connectivity index (χ3n) is 8.27. The van der Waals surface area contributed by atoms with Crippen LogP contribution in [-0.4, -0.2) is 108 Å². The number of piperazine rings is 1. The van der Waals surface area contributed by atoms with E-state index in [1.807, 2.05) is 13.8 Å². The number of carbonyl (C=O) groups excluding carboxylic acids is 2. The van der Waals surface area contributed by atoms with Crippen molar-refractivity contribution in [3.63, 3.8) is 0 Å². The van der Waals surface area contributed by atoms with Gasteiger partial charge in [0.2, 0.25) is 11.8 Å². The van der Waals surface area contributed by atoms with Gasteiger partial charge in [0.05, 0.1) is 24.5 Å². The van der Waals surface area contributed by atoms with Crippen LogP contribution in [0, 0.1) is 11.8 Å². The number of imidazole rings is 1. The molecule has 48 heavy (non-hydrogen) atoms. The molecule has 3 unspecified atom stereocenters. The lowest BCUT2D eigenvalue weighted by atomic mass is 9.88. The van der Waals surface area contributed by atoms with Crippen LogP contribution in [0.3, 0.4) is 0 Å². The first-order valence-corrected chi connectivity index (χ1v) is 17.0. The van der Waals surface area contributed by atoms with Gasteiger partial charge in [0.1, 0.15) is 5.69 Å². The molecule has 0 saturated carbocycles. The van der Waals surface area contributed by atoms with Crippen LogP contribution >= 0.6 is 0 Å². The van der Waals surface area contributed by atoms with E-state index < -0.39 is 5.92 Å². The minimum atomic E-state index is -2.69. The van der Waals surface area contributed by atoms with Crippen molar-refractivity contribution in [1.82, 2.24) is 35.1 Å². The molecule has 0 radical (unpaired) electrons. The van der Waals surface area contributed by atoms with E-state index >= 15 is 0 Å². The maximum absolute atomic E-state index is 14.2. The zero-order valence-corrected chi connectivity index (χ0v) is 29.6. The fourth-order valence-electron chi connectivity index (χ4n) is 5.75. The second-order valence-corrected chi connectivity index (χ2v) is 11.9. The van der Waals surface area contributed by atoms with Crippen molar-refractivity contribution in [1.29, 1.82) is 0 Å². The van der Waals surface area contributed by atoms with Crippen molar-refractivity contribution in [3.8, 4) is 0 Å². The number of anilines is 1. The van der Waals surface area contributed by atoms with Crippen molar-refractivity contribution in [3.05, 3.63) is 30.4 Å². The van der Waals surface area contributed by atoms with Gasteiger partial charge in [0.25, 0.3) is 5.78 Å². The van der Waals surface area contributed by atoms with E-state index in [9.17, 15) is 18.4 Å². The second kappa shape index (κ2) is 20.7. The molecular weight excluding hydrogens is 622 g/mol. The summed E-state index contributed by atoms with van der Waals surface area (Å²) >= 11 is 0. The molecule has 270 valence electrons. The zero-order chi connectivity index (χ0) is 35.7.